The zero-order valence-electron chi connectivity index (χ0n) is 7.81. The molecule has 14 heavy (non-hydrogen) atoms. The highest BCUT2D eigenvalue weighted by Crippen LogP contribution is 2.28. The van der Waals surface area contributed by atoms with Crippen molar-refractivity contribution in [2.45, 2.75) is 25.7 Å². The van der Waals surface area contributed by atoms with Crippen LogP contribution in [0.25, 0.3) is 0 Å². The predicted molar refractivity (Wildman–Crippen MR) is 47.1 cm³/mol. The molecular weight excluding hydrogens is 188 g/mol. The lowest BCUT2D eigenvalue weighted by atomic mass is 9.82. The van der Waals surface area contributed by atoms with Crippen LogP contribution in [0.3, 0.4) is 0 Å². The van der Waals surface area contributed by atoms with Crippen LogP contribution in [0.1, 0.15) is 25.7 Å². The minimum absolute atomic E-state index is 0.196. The van der Waals surface area contributed by atoms with E-state index in [0.717, 1.165) is 12.8 Å². The molecule has 0 heterocycles. The lowest BCUT2D eigenvalue weighted by Crippen LogP contribution is -2.24. The van der Waals surface area contributed by atoms with E-state index in [0.29, 0.717) is 12.8 Å². The van der Waals surface area contributed by atoms with Crippen molar-refractivity contribution in [3.05, 3.63) is 0 Å². The number of hydrogen-bond acceptors (Lipinski definition) is 3. The predicted octanol–water partition coefficient (Wildman–Crippen LogP) is 1.57. The van der Waals surface area contributed by atoms with Crippen molar-refractivity contribution in [1.82, 2.24) is 0 Å². The maximum absolute atomic E-state index is 10.6. The maximum Gasteiger partial charge on any atom is 0.505 e. The molecule has 5 heteroatoms. The first-order valence-corrected chi connectivity index (χ1v) is 4.68. The van der Waals surface area contributed by atoms with Crippen molar-refractivity contribution in [3.8, 4) is 0 Å². The number of rotatable bonds is 3. The second-order valence-corrected chi connectivity index (χ2v) is 3.63. The number of aliphatic carboxylic acids is 1. The fourth-order valence-electron chi connectivity index (χ4n) is 1.77. The van der Waals surface area contributed by atoms with Crippen molar-refractivity contribution in [2.75, 3.05) is 6.61 Å². The molecule has 0 atom stereocenters. The van der Waals surface area contributed by atoms with Crippen molar-refractivity contribution in [2.24, 2.45) is 11.8 Å². The Morgan fingerprint density at radius 1 is 1.14 bits per heavy atom. The summed E-state index contributed by atoms with van der Waals surface area (Å²) in [5.74, 6) is -0.805. The quantitative estimate of drug-likeness (QED) is 0.678. The smallest absolute Gasteiger partial charge is 0.481 e. The largest absolute Gasteiger partial charge is 0.505 e. The third-order valence-electron chi connectivity index (χ3n) is 2.64. The van der Waals surface area contributed by atoms with Gasteiger partial charge in [0.05, 0.1) is 12.5 Å². The van der Waals surface area contributed by atoms with Gasteiger partial charge in [0, 0.05) is 0 Å². The van der Waals surface area contributed by atoms with Crippen LogP contribution in [0.5, 0.6) is 0 Å². The van der Waals surface area contributed by atoms with E-state index in [1.165, 1.54) is 0 Å². The summed E-state index contributed by atoms with van der Waals surface area (Å²) in [7, 11) is 0. The van der Waals surface area contributed by atoms with Crippen LogP contribution in [0.15, 0.2) is 0 Å². The molecule has 5 nitrogen and oxygen atoms in total. The van der Waals surface area contributed by atoms with Crippen LogP contribution in [0.4, 0.5) is 4.79 Å². The Bertz CT molecular complexity index is 217. The van der Waals surface area contributed by atoms with Gasteiger partial charge in [-0.05, 0) is 31.6 Å². The highest BCUT2D eigenvalue weighted by atomic mass is 16.7. The Morgan fingerprint density at radius 3 is 2.14 bits per heavy atom. The third kappa shape index (κ3) is 3.24. The summed E-state index contributed by atoms with van der Waals surface area (Å²) in [4.78, 5) is 20.7. The first-order chi connectivity index (χ1) is 6.59. The molecule has 1 rings (SSSR count). The number of carboxylic acid groups (broad SMARTS) is 2. The van der Waals surface area contributed by atoms with Gasteiger partial charge in [-0.2, -0.15) is 0 Å². The van der Waals surface area contributed by atoms with E-state index in [2.05, 4.69) is 4.74 Å². The molecule has 2 N–H and O–H groups in total. The van der Waals surface area contributed by atoms with E-state index in [1.807, 2.05) is 0 Å². The van der Waals surface area contributed by atoms with Gasteiger partial charge in [0.2, 0.25) is 0 Å². The van der Waals surface area contributed by atoms with Gasteiger partial charge in [0.15, 0.2) is 0 Å². The molecule has 0 aromatic rings. The highest BCUT2D eigenvalue weighted by Gasteiger charge is 2.26. The second kappa shape index (κ2) is 4.83. The lowest BCUT2D eigenvalue weighted by molar-refractivity contribution is -0.143. The molecule has 0 spiro atoms. The maximum atomic E-state index is 10.6. The summed E-state index contributed by atoms with van der Waals surface area (Å²) in [6.45, 7) is 0.196. The molecule has 0 saturated heterocycles. The molecule has 0 aliphatic heterocycles. The Hall–Kier alpha value is -1.26. The Balaban J connectivity index is 2.22. The van der Waals surface area contributed by atoms with Crippen LogP contribution in [0, 0.1) is 11.8 Å². The van der Waals surface area contributed by atoms with Crippen molar-refractivity contribution in [3.63, 3.8) is 0 Å². The topological polar surface area (TPSA) is 83.8 Å². The van der Waals surface area contributed by atoms with Crippen LogP contribution < -0.4 is 0 Å². The number of carboxylic acids is 1. The Kier molecular flexibility index (Phi) is 3.73. The van der Waals surface area contributed by atoms with Gasteiger partial charge in [0.1, 0.15) is 0 Å². The van der Waals surface area contributed by atoms with Gasteiger partial charge in [-0.1, -0.05) is 0 Å². The standard InChI is InChI=1S/C9H14O5/c10-8(11)7-3-1-6(2-4-7)5-14-9(12)13/h6-7H,1-5H2,(H,10,11)(H,12,13). The van der Waals surface area contributed by atoms with Crippen LogP contribution in [-0.2, 0) is 9.53 Å². The van der Waals surface area contributed by atoms with Crippen molar-refractivity contribution >= 4 is 12.1 Å². The van der Waals surface area contributed by atoms with E-state index in [1.54, 1.807) is 0 Å². The minimum Gasteiger partial charge on any atom is -0.481 e. The Morgan fingerprint density at radius 2 is 1.71 bits per heavy atom. The molecular formula is C9H14O5. The molecule has 1 aliphatic rings. The van der Waals surface area contributed by atoms with E-state index in [9.17, 15) is 9.59 Å². The van der Waals surface area contributed by atoms with Gasteiger partial charge in [-0.15, -0.1) is 0 Å². The average Bonchev–Trinajstić information content (AvgIpc) is 2.15. The highest BCUT2D eigenvalue weighted by molar-refractivity contribution is 5.69. The SMILES string of the molecule is O=C(O)OCC1CCC(C(=O)O)CC1. The summed E-state index contributed by atoms with van der Waals surface area (Å²) in [5, 5.41) is 17.0. The summed E-state index contributed by atoms with van der Waals surface area (Å²) in [5.41, 5.74) is 0. The van der Waals surface area contributed by atoms with Gasteiger partial charge < -0.3 is 14.9 Å². The van der Waals surface area contributed by atoms with Crippen molar-refractivity contribution in [1.29, 1.82) is 0 Å². The summed E-state index contributed by atoms with van der Waals surface area (Å²) >= 11 is 0. The lowest BCUT2D eigenvalue weighted by Gasteiger charge is -2.25. The summed E-state index contributed by atoms with van der Waals surface area (Å²) in [6, 6.07) is 0. The zero-order valence-corrected chi connectivity index (χ0v) is 7.81. The fourth-order valence-corrected chi connectivity index (χ4v) is 1.77. The molecule has 1 aliphatic carbocycles. The number of hydrogen-bond donors (Lipinski definition) is 2. The molecule has 0 aromatic carbocycles. The fraction of sp³-hybridized carbons (Fsp3) is 0.778. The minimum atomic E-state index is -1.26. The van der Waals surface area contributed by atoms with Crippen LogP contribution in [-0.4, -0.2) is 28.9 Å². The molecule has 0 amide bonds. The van der Waals surface area contributed by atoms with Gasteiger partial charge >= 0.3 is 12.1 Å². The molecule has 0 aromatic heterocycles. The van der Waals surface area contributed by atoms with Crippen molar-refractivity contribution < 1.29 is 24.5 Å². The first kappa shape index (κ1) is 10.8. The normalized spacial score (nSPS) is 26.9. The van der Waals surface area contributed by atoms with Crippen LogP contribution >= 0.6 is 0 Å². The third-order valence-corrected chi connectivity index (χ3v) is 2.64. The molecule has 0 bridgehead atoms. The zero-order chi connectivity index (χ0) is 10.6. The molecule has 80 valence electrons. The summed E-state index contributed by atoms with van der Waals surface area (Å²) < 4.78 is 4.45. The van der Waals surface area contributed by atoms with Gasteiger partial charge in [-0.25, -0.2) is 4.79 Å². The number of carbonyl (C=O) groups is 2. The van der Waals surface area contributed by atoms with Gasteiger partial charge in [0.25, 0.3) is 0 Å². The molecule has 1 fully saturated rings. The van der Waals surface area contributed by atoms with E-state index in [-0.39, 0.29) is 18.4 Å². The summed E-state index contributed by atoms with van der Waals surface area (Å²) in [6.07, 6.45) is 1.48. The average molecular weight is 202 g/mol. The Labute approximate surface area is 81.7 Å². The molecule has 0 radical (unpaired) electrons. The first-order valence-electron chi connectivity index (χ1n) is 4.68. The van der Waals surface area contributed by atoms with E-state index >= 15 is 0 Å². The second-order valence-electron chi connectivity index (χ2n) is 3.63. The van der Waals surface area contributed by atoms with E-state index in [4.69, 9.17) is 10.2 Å². The molecule has 1 saturated carbocycles. The number of ether oxygens (including phenoxy) is 1. The monoisotopic (exact) mass is 202 g/mol. The van der Waals surface area contributed by atoms with E-state index < -0.39 is 12.1 Å². The molecule has 0 unspecified atom stereocenters. The van der Waals surface area contributed by atoms with Crippen LogP contribution in [0.2, 0.25) is 0 Å². The van der Waals surface area contributed by atoms with Gasteiger partial charge in [-0.3, -0.25) is 4.79 Å².